The van der Waals surface area contributed by atoms with Gasteiger partial charge in [0.15, 0.2) is 5.78 Å². The minimum absolute atomic E-state index is 0.00520. The lowest BCUT2D eigenvalue weighted by molar-refractivity contribution is -0.144. The molecule has 1 saturated carbocycles. The van der Waals surface area contributed by atoms with Gasteiger partial charge in [0, 0.05) is 71.4 Å². The summed E-state index contributed by atoms with van der Waals surface area (Å²) < 4.78 is 11.5. The van der Waals surface area contributed by atoms with Crippen LogP contribution in [0.1, 0.15) is 190 Å². The van der Waals surface area contributed by atoms with Gasteiger partial charge < -0.3 is 51.2 Å². The smallest absolute Gasteiger partial charge is 0.415 e. The number of methoxy groups -OCH3 is 1. The van der Waals surface area contributed by atoms with Crippen LogP contribution in [0.25, 0.3) is 43.4 Å². The Morgan fingerprint density at radius 3 is 2.11 bits per heavy atom. The number of benzene rings is 1. The van der Waals surface area contributed by atoms with E-state index < -0.39 is 96.2 Å². The quantitative estimate of drug-likeness (QED) is 0.0276. The zero-order valence-electron chi connectivity index (χ0n) is 55.8. The van der Waals surface area contributed by atoms with E-state index in [9.17, 15) is 58.5 Å². The van der Waals surface area contributed by atoms with Gasteiger partial charge in [-0.25, -0.2) is 39.7 Å². The van der Waals surface area contributed by atoms with Crippen LogP contribution in [-0.4, -0.2) is 142 Å². The van der Waals surface area contributed by atoms with Crippen molar-refractivity contribution in [1.82, 2.24) is 56.2 Å². The Morgan fingerprint density at radius 1 is 0.693 bits per heavy atom. The van der Waals surface area contributed by atoms with Crippen molar-refractivity contribution in [3.8, 4) is 43.4 Å². The van der Waals surface area contributed by atoms with E-state index >= 15 is 0 Å². The summed E-state index contributed by atoms with van der Waals surface area (Å²) in [6, 6.07) is 10.0. The van der Waals surface area contributed by atoms with E-state index in [1.807, 2.05) is 13.8 Å². The molecule has 534 valence electrons. The summed E-state index contributed by atoms with van der Waals surface area (Å²) in [5, 5.41) is 61.0. The molecule has 101 heavy (non-hydrogen) atoms. The van der Waals surface area contributed by atoms with Crippen LogP contribution in [0, 0.1) is 24.7 Å². The number of hydrogen-bond donors (Lipinski definition) is 8. The third-order valence-corrected chi connectivity index (χ3v) is 23.1. The summed E-state index contributed by atoms with van der Waals surface area (Å²) in [6.07, 6.45) is 1.60. The molecular formula is C68H76N12O15S6. The number of rotatable bonds is 23. The number of carboxylic acids is 3. The van der Waals surface area contributed by atoms with E-state index in [1.165, 1.54) is 53.1 Å². The van der Waals surface area contributed by atoms with Crippen molar-refractivity contribution < 1.29 is 73.1 Å². The molecule has 0 spiro atoms. The highest BCUT2D eigenvalue weighted by molar-refractivity contribution is 7.15. The number of nitrogens with one attached hydrogen (secondary N) is 4. The first-order chi connectivity index (χ1) is 48.5. The van der Waals surface area contributed by atoms with E-state index in [4.69, 9.17) is 49.5 Å². The van der Waals surface area contributed by atoms with Crippen molar-refractivity contribution in [2.45, 2.75) is 147 Å². The number of anilines is 1. The van der Waals surface area contributed by atoms with Gasteiger partial charge in [0.25, 0.3) is 11.8 Å². The first kappa shape index (κ1) is 75.0. The zero-order valence-corrected chi connectivity index (χ0v) is 60.7. The Kier molecular flexibility index (Phi) is 25.8. The highest BCUT2D eigenvalue weighted by Gasteiger charge is 2.35. The predicted octanol–water partition coefficient (Wildman–Crippen LogP) is 11.7. The Labute approximate surface area is 604 Å². The molecule has 27 nitrogen and oxygen atoms in total. The molecule has 33 heteroatoms. The molecule has 8 heterocycles. The SMILES string of the molecule is CNC(=O)C[C@@H]1NC(=O)c2csc(n2)-c2ccc(-c3nc(N(CCCC(CCCCCCC(=O)O)C(=O)O)C(=O)OC4CCC(C(=O)O)CC4)cs3)nc2-c2csc(n2)-c2csc(n2)[C@H]([C@@H](O)c2ccccc2)NC(=O)CNC(=O)c2nc(sc2COC)C(C(C)C)CC(=O)c2nc1sc2C. The molecule has 1 aromatic carbocycles. The highest BCUT2D eigenvalue weighted by atomic mass is 32.1. The second kappa shape index (κ2) is 34.8. The molecule has 8 N–H and O–H groups in total. The number of unbranched alkanes of at least 4 members (excludes halogenated alkanes) is 3. The summed E-state index contributed by atoms with van der Waals surface area (Å²) >= 11 is 7.07. The first-order valence-electron chi connectivity index (χ1n) is 32.9. The monoisotopic (exact) mass is 1490 g/mol. The van der Waals surface area contributed by atoms with Crippen LogP contribution in [0.15, 0.2) is 64.0 Å². The molecule has 2 aliphatic rings. The number of carbonyl (C=O) groups is 9. The van der Waals surface area contributed by atoms with Crippen molar-refractivity contribution in [2.24, 2.45) is 17.8 Å². The number of nitrogens with zero attached hydrogens (tertiary/aromatic N) is 8. The number of hydrogen-bond acceptors (Lipinski definition) is 25. The maximum absolute atomic E-state index is 14.5. The normalized spacial score (nSPS) is 18.2. The van der Waals surface area contributed by atoms with Crippen molar-refractivity contribution >= 4 is 127 Å². The van der Waals surface area contributed by atoms with Crippen LogP contribution in [0.5, 0.6) is 0 Å². The van der Waals surface area contributed by atoms with Gasteiger partial charge in [0.1, 0.15) is 83.3 Å². The highest BCUT2D eigenvalue weighted by Crippen LogP contribution is 2.42. The number of carbonyl (C=O) groups excluding carboxylic acids is 6. The van der Waals surface area contributed by atoms with E-state index in [-0.39, 0.29) is 79.9 Å². The van der Waals surface area contributed by atoms with Gasteiger partial charge in [-0.3, -0.25) is 43.3 Å². The summed E-state index contributed by atoms with van der Waals surface area (Å²) in [5.41, 5.74) is 2.41. The second-order valence-electron chi connectivity index (χ2n) is 24.8. The molecule has 0 radical (unpaired) electrons. The zero-order chi connectivity index (χ0) is 72.0. The average molecular weight is 1490 g/mol. The molecule has 1 aliphatic carbocycles. The van der Waals surface area contributed by atoms with Crippen LogP contribution in [0.4, 0.5) is 10.6 Å². The Hall–Kier alpha value is -8.70. The van der Waals surface area contributed by atoms with Crippen molar-refractivity contribution in [3.05, 3.63) is 111 Å². The summed E-state index contributed by atoms with van der Waals surface area (Å²) in [5.74, 6) is -7.29. The molecule has 7 aromatic heterocycles. The lowest BCUT2D eigenvalue weighted by atomic mass is 9.87. The third-order valence-electron chi connectivity index (χ3n) is 17.4. The van der Waals surface area contributed by atoms with Crippen molar-refractivity contribution in [3.63, 3.8) is 0 Å². The minimum Gasteiger partial charge on any atom is -0.481 e. The van der Waals surface area contributed by atoms with Gasteiger partial charge in [-0.05, 0) is 81.9 Å². The molecule has 8 aromatic rings. The molecule has 10 rings (SSSR count). The summed E-state index contributed by atoms with van der Waals surface area (Å²) in [6.45, 7) is 5.08. The lowest BCUT2D eigenvalue weighted by Crippen LogP contribution is -2.40. The molecule has 1 aliphatic heterocycles. The molecule has 5 atom stereocenters. The molecular weight excluding hydrogens is 1420 g/mol. The van der Waals surface area contributed by atoms with Crippen molar-refractivity contribution in [1.29, 1.82) is 0 Å². The van der Waals surface area contributed by atoms with Crippen LogP contribution in [0.3, 0.4) is 0 Å². The van der Waals surface area contributed by atoms with E-state index in [2.05, 4.69) is 21.3 Å². The van der Waals surface area contributed by atoms with Crippen molar-refractivity contribution in [2.75, 3.05) is 32.1 Å². The van der Waals surface area contributed by atoms with E-state index in [1.54, 1.807) is 70.9 Å². The van der Waals surface area contributed by atoms with E-state index in [0.717, 1.165) is 34.0 Å². The fourth-order valence-electron chi connectivity index (χ4n) is 11.8. The molecule has 5 amide bonds. The molecule has 1 fully saturated rings. The maximum atomic E-state index is 14.5. The second-order valence-corrected chi connectivity index (χ2v) is 30.6. The number of ketones is 1. The van der Waals surface area contributed by atoms with Gasteiger partial charge in [-0.1, -0.05) is 63.4 Å². The van der Waals surface area contributed by atoms with Crippen LogP contribution < -0.4 is 26.2 Å². The number of carboxylic acid groups (broad SMARTS) is 3. The summed E-state index contributed by atoms with van der Waals surface area (Å²) in [4.78, 5) is 157. The predicted molar refractivity (Wildman–Crippen MR) is 381 cm³/mol. The number of aliphatic hydroxyl groups is 1. The largest absolute Gasteiger partial charge is 0.481 e. The Balaban J connectivity index is 1.01. The Bertz CT molecular complexity index is 4290. The molecule has 2 unspecified atom stereocenters. The van der Waals surface area contributed by atoms with Gasteiger partial charge in [0.2, 0.25) is 11.8 Å². The minimum atomic E-state index is -1.32. The standard InChI is InChI=1S/C68H76N12O15S6/c1-34(2)41-26-47(81)53-35(3)100-64(78-53)43(27-50(82)69-4)72-58(87)45-31-96-60(74-45)40-23-24-42(62-76-49(33-99-62)80(68(93)95-39-21-19-38(20-22-39)67(91)92)25-13-17-37(66(89)90)16-9-6-7-12-18-52(84)85)71-54(40)44-30-97-63(73-44)46-32-98-65(75-46)56(57(86)36-14-10-8-11-15-36)77-51(83)28-70-59(88)55-48(29-94-5)101-61(41)79-55/h8,10-11,14-15,23-24,30-34,37-39,41,43,56-57,86H,6-7,9,12-13,16-22,25-29H2,1-5H3,(H,69,82)(H,70,88)(H,72,87)(H,77,83)(H,84,85)(H,89,90)(H,91,92)/t37?,38?,39?,41?,43-,56-,57-/m0/s1. The number of fused-ring (bicyclic) bond motifs is 14. The Morgan fingerprint density at radius 2 is 1.39 bits per heavy atom. The lowest BCUT2D eigenvalue weighted by Gasteiger charge is -2.28. The number of Topliss-reactive ketones (excluding diaryl/α,β-unsaturated/α-hetero) is 1. The van der Waals surface area contributed by atoms with Crippen LogP contribution in [-0.2, 0) is 40.1 Å². The van der Waals surface area contributed by atoms with Gasteiger partial charge in [-0.2, -0.15) is 0 Å². The number of aromatic nitrogens is 7. The maximum Gasteiger partial charge on any atom is 0.415 e. The number of pyridine rings is 1. The number of aliphatic hydroxyl groups excluding tert-OH is 1. The van der Waals surface area contributed by atoms with E-state index in [0.29, 0.717) is 131 Å². The van der Waals surface area contributed by atoms with Gasteiger partial charge >= 0.3 is 24.0 Å². The number of thiazole rings is 6. The fourth-order valence-corrected chi connectivity index (χ4v) is 17.4. The molecule has 10 bridgehead atoms. The average Bonchev–Trinajstić information content (AvgIpc) is 1.70. The number of aryl methyl sites for hydroxylation is 1. The number of amides is 5. The number of ether oxygens (including phenoxy) is 2. The van der Waals surface area contributed by atoms with Crippen LogP contribution in [0.2, 0.25) is 0 Å². The fraction of sp³-hybridized carbons (Fsp3) is 0.441. The number of aliphatic carboxylic acids is 3. The topological polar surface area (TPSA) is 395 Å². The van der Waals surface area contributed by atoms with Gasteiger partial charge in [0.05, 0.1) is 53.0 Å². The molecule has 0 saturated heterocycles. The van der Waals surface area contributed by atoms with Gasteiger partial charge in [-0.15, -0.1) is 68.0 Å². The van der Waals surface area contributed by atoms with Crippen LogP contribution >= 0.6 is 68.0 Å². The third kappa shape index (κ3) is 19.1. The summed E-state index contributed by atoms with van der Waals surface area (Å²) in [7, 11) is 2.94. The first-order valence-corrected chi connectivity index (χ1v) is 38.0.